The monoisotopic (exact) mass is 263 g/mol. The standard InChI is InChI=1S/C14H21N3O2/c1-9-8-17(3)14(18)11-6-10(15)4-5-12(11)19-13(9)7-16-2/h4-6,9,13,16H,7-8,15H2,1-3H3/t9-,13+/m1/s1. The minimum Gasteiger partial charge on any atom is -0.488 e. The molecule has 0 saturated carbocycles. The van der Waals surface area contributed by atoms with E-state index in [9.17, 15) is 4.79 Å². The highest BCUT2D eigenvalue weighted by Gasteiger charge is 2.28. The lowest BCUT2D eigenvalue weighted by Crippen LogP contribution is -2.44. The lowest BCUT2D eigenvalue weighted by atomic mass is 10.0. The van der Waals surface area contributed by atoms with E-state index in [2.05, 4.69) is 12.2 Å². The Hall–Kier alpha value is -1.75. The molecule has 5 heteroatoms. The summed E-state index contributed by atoms with van der Waals surface area (Å²) < 4.78 is 6.00. The van der Waals surface area contributed by atoms with Crippen molar-refractivity contribution < 1.29 is 9.53 Å². The SMILES string of the molecule is CNC[C@@H]1Oc2ccc(N)cc2C(=O)N(C)C[C@H]1C. The van der Waals surface area contributed by atoms with Crippen LogP contribution in [0.25, 0.3) is 0 Å². The van der Waals surface area contributed by atoms with Crippen molar-refractivity contribution in [3.8, 4) is 5.75 Å². The molecule has 0 aliphatic carbocycles. The van der Waals surface area contributed by atoms with Crippen LogP contribution in [0.3, 0.4) is 0 Å². The Kier molecular flexibility index (Phi) is 3.95. The quantitative estimate of drug-likeness (QED) is 0.780. The van der Waals surface area contributed by atoms with Gasteiger partial charge in [-0.05, 0) is 25.2 Å². The van der Waals surface area contributed by atoms with Gasteiger partial charge >= 0.3 is 0 Å². The third-order valence-electron chi connectivity index (χ3n) is 3.46. The first kappa shape index (κ1) is 13.7. The number of ether oxygens (including phenoxy) is 1. The number of hydrogen-bond donors (Lipinski definition) is 2. The maximum absolute atomic E-state index is 12.3. The number of carbonyl (C=O) groups is 1. The third-order valence-corrected chi connectivity index (χ3v) is 3.46. The van der Waals surface area contributed by atoms with Crippen molar-refractivity contribution in [1.82, 2.24) is 10.2 Å². The molecule has 1 amide bonds. The number of amides is 1. The minimum atomic E-state index is -0.0444. The number of carbonyl (C=O) groups excluding carboxylic acids is 1. The van der Waals surface area contributed by atoms with Gasteiger partial charge in [0.15, 0.2) is 0 Å². The molecule has 0 saturated heterocycles. The van der Waals surface area contributed by atoms with Crippen molar-refractivity contribution in [3.63, 3.8) is 0 Å². The molecule has 0 bridgehead atoms. The molecule has 3 N–H and O–H groups in total. The van der Waals surface area contributed by atoms with Gasteiger partial charge in [-0.3, -0.25) is 4.79 Å². The lowest BCUT2D eigenvalue weighted by Gasteiger charge is -2.32. The number of likely N-dealkylation sites (N-methyl/N-ethyl adjacent to an activating group) is 1. The smallest absolute Gasteiger partial charge is 0.257 e. The number of nitrogens with zero attached hydrogens (tertiary/aromatic N) is 1. The summed E-state index contributed by atoms with van der Waals surface area (Å²) in [6.07, 6.45) is 0.0305. The maximum atomic E-state index is 12.3. The first-order chi connectivity index (χ1) is 9.02. The average Bonchev–Trinajstić information content (AvgIpc) is 2.38. The Morgan fingerprint density at radius 2 is 2.26 bits per heavy atom. The molecule has 1 aliphatic heterocycles. The van der Waals surface area contributed by atoms with Crippen LogP contribution < -0.4 is 15.8 Å². The molecular formula is C14H21N3O2. The number of fused-ring (bicyclic) bond motifs is 1. The topological polar surface area (TPSA) is 67.6 Å². The van der Waals surface area contributed by atoms with Gasteiger partial charge in [-0.1, -0.05) is 6.92 Å². The Labute approximate surface area is 113 Å². The van der Waals surface area contributed by atoms with E-state index in [1.54, 1.807) is 23.1 Å². The number of rotatable bonds is 2. The van der Waals surface area contributed by atoms with Crippen LogP contribution in [0.4, 0.5) is 5.69 Å². The molecule has 0 fully saturated rings. The molecule has 19 heavy (non-hydrogen) atoms. The van der Waals surface area contributed by atoms with Gasteiger partial charge in [0.05, 0.1) is 5.56 Å². The van der Waals surface area contributed by atoms with Gasteiger partial charge in [0.1, 0.15) is 11.9 Å². The first-order valence-corrected chi connectivity index (χ1v) is 6.49. The molecule has 2 atom stereocenters. The second-order valence-electron chi connectivity index (χ2n) is 5.13. The van der Waals surface area contributed by atoms with Crippen molar-refractivity contribution in [2.75, 3.05) is 32.9 Å². The van der Waals surface area contributed by atoms with Gasteiger partial charge < -0.3 is 20.7 Å². The summed E-state index contributed by atoms with van der Waals surface area (Å²) >= 11 is 0. The van der Waals surface area contributed by atoms with Crippen molar-refractivity contribution in [2.45, 2.75) is 13.0 Å². The van der Waals surface area contributed by atoms with E-state index in [-0.39, 0.29) is 17.9 Å². The van der Waals surface area contributed by atoms with Gasteiger partial charge in [-0.2, -0.15) is 0 Å². The summed E-state index contributed by atoms with van der Waals surface area (Å²) in [5.41, 5.74) is 6.87. The van der Waals surface area contributed by atoms with Crippen LogP contribution in [0, 0.1) is 5.92 Å². The van der Waals surface area contributed by atoms with E-state index >= 15 is 0 Å². The molecule has 1 aromatic rings. The number of nitrogen functional groups attached to an aromatic ring is 1. The van der Waals surface area contributed by atoms with Crippen LogP contribution in [0.15, 0.2) is 18.2 Å². The number of hydrogen-bond acceptors (Lipinski definition) is 4. The van der Waals surface area contributed by atoms with Crippen molar-refractivity contribution in [3.05, 3.63) is 23.8 Å². The molecule has 0 aromatic heterocycles. The van der Waals surface area contributed by atoms with Crippen molar-refractivity contribution in [2.24, 2.45) is 5.92 Å². The Balaban J connectivity index is 2.41. The number of anilines is 1. The minimum absolute atomic E-state index is 0.0305. The van der Waals surface area contributed by atoms with Gasteiger partial charge in [0.2, 0.25) is 0 Å². The summed E-state index contributed by atoms with van der Waals surface area (Å²) in [6.45, 7) is 3.50. The molecule has 1 aromatic carbocycles. The number of nitrogens with one attached hydrogen (secondary N) is 1. The van der Waals surface area contributed by atoms with Crippen LogP contribution in [-0.2, 0) is 0 Å². The highest BCUT2D eigenvalue weighted by atomic mass is 16.5. The molecule has 0 spiro atoms. The second-order valence-corrected chi connectivity index (χ2v) is 5.13. The van der Waals surface area contributed by atoms with Crippen LogP contribution >= 0.6 is 0 Å². The molecule has 104 valence electrons. The van der Waals surface area contributed by atoms with E-state index < -0.39 is 0 Å². The Bertz CT molecular complexity index is 476. The fraction of sp³-hybridized carbons (Fsp3) is 0.500. The first-order valence-electron chi connectivity index (χ1n) is 6.49. The number of nitrogens with two attached hydrogens (primary N) is 1. The third kappa shape index (κ3) is 2.81. The van der Waals surface area contributed by atoms with Gasteiger partial charge in [0, 0.05) is 31.7 Å². The van der Waals surface area contributed by atoms with E-state index in [1.807, 2.05) is 14.1 Å². The second kappa shape index (κ2) is 5.48. The lowest BCUT2D eigenvalue weighted by molar-refractivity contribution is 0.0637. The molecule has 2 rings (SSSR count). The highest BCUT2D eigenvalue weighted by Crippen LogP contribution is 2.27. The average molecular weight is 263 g/mol. The summed E-state index contributed by atoms with van der Waals surface area (Å²) in [7, 11) is 3.71. The molecule has 1 aliphatic rings. The normalized spacial score (nSPS) is 23.3. The van der Waals surface area contributed by atoms with Crippen LogP contribution in [0.2, 0.25) is 0 Å². The molecular weight excluding hydrogens is 242 g/mol. The van der Waals surface area contributed by atoms with Gasteiger partial charge in [-0.15, -0.1) is 0 Å². The maximum Gasteiger partial charge on any atom is 0.257 e. The zero-order valence-electron chi connectivity index (χ0n) is 11.6. The van der Waals surface area contributed by atoms with E-state index in [1.165, 1.54) is 0 Å². The predicted octanol–water partition coefficient (Wildman–Crippen LogP) is 0.957. The molecule has 5 nitrogen and oxygen atoms in total. The largest absolute Gasteiger partial charge is 0.488 e. The fourth-order valence-corrected chi connectivity index (χ4v) is 2.38. The predicted molar refractivity (Wildman–Crippen MR) is 75.3 cm³/mol. The molecule has 0 unspecified atom stereocenters. The van der Waals surface area contributed by atoms with E-state index in [0.717, 1.165) is 6.54 Å². The zero-order chi connectivity index (χ0) is 14.0. The van der Waals surface area contributed by atoms with Crippen molar-refractivity contribution >= 4 is 11.6 Å². The summed E-state index contributed by atoms with van der Waals surface area (Å²) in [5, 5.41) is 3.13. The highest BCUT2D eigenvalue weighted by molar-refractivity contribution is 5.97. The van der Waals surface area contributed by atoms with Gasteiger partial charge in [0.25, 0.3) is 5.91 Å². The summed E-state index contributed by atoms with van der Waals surface area (Å²) in [6, 6.07) is 5.21. The molecule has 0 radical (unpaired) electrons. The number of benzene rings is 1. The Morgan fingerprint density at radius 3 is 2.95 bits per heavy atom. The van der Waals surface area contributed by atoms with Crippen LogP contribution in [-0.4, -0.2) is 44.1 Å². The molecule has 1 heterocycles. The van der Waals surface area contributed by atoms with E-state index in [0.29, 0.717) is 23.5 Å². The Morgan fingerprint density at radius 1 is 1.53 bits per heavy atom. The van der Waals surface area contributed by atoms with Crippen LogP contribution in [0.5, 0.6) is 5.75 Å². The van der Waals surface area contributed by atoms with Crippen LogP contribution in [0.1, 0.15) is 17.3 Å². The van der Waals surface area contributed by atoms with Gasteiger partial charge in [-0.25, -0.2) is 0 Å². The van der Waals surface area contributed by atoms with E-state index in [4.69, 9.17) is 10.5 Å². The van der Waals surface area contributed by atoms with Crippen molar-refractivity contribution in [1.29, 1.82) is 0 Å². The fourth-order valence-electron chi connectivity index (χ4n) is 2.38. The summed E-state index contributed by atoms with van der Waals surface area (Å²) in [4.78, 5) is 14.1. The summed E-state index contributed by atoms with van der Waals surface area (Å²) in [5.74, 6) is 0.821. The zero-order valence-corrected chi connectivity index (χ0v) is 11.6.